The zero-order valence-electron chi connectivity index (χ0n) is 18.7. The molecule has 2 aromatic heterocycles. The molecule has 0 radical (unpaired) electrons. The highest BCUT2D eigenvalue weighted by molar-refractivity contribution is 5.98. The molecule has 1 saturated carbocycles. The number of para-hydroxylation sites is 1. The van der Waals surface area contributed by atoms with Crippen molar-refractivity contribution in [1.29, 1.82) is 0 Å². The van der Waals surface area contributed by atoms with Crippen molar-refractivity contribution in [2.45, 2.75) is 37.6 Å². The SMILES string of the molecule is O=C(O)c1cc(N2CC[C@@H](N3CCOCC3)C2)c2c(C3CCC3)nn(-c3ccccc3)c2n1. The number of rotatable bonds is 5. The molecule has 4 heterocycles. The van der Waals surface area contributed by atoms with Crippen LogP contribution in [0, 0.1) is 0 Å². The van der Waals surface area contributed by atoms with Crippen LogP contribution in [0.3, 0.4) is 0 Å². The van der Waals surface area contributed by atoms with Crippen molar-refractivity contribution in [3.8, 4) is 5.69 Å². The molecular weight excluding hydrogens is 418 g/mol. The van der Waals surface area contributed by atoms with E-state index in [9.17, 15) is 9.90 Å². The predicted molar refractivity (Wildman–Crippen MR) is 125 cm³/mol. The maximum atomic E-state index is 12.0. The summed E-state index contributed by atoms with van der Waals surface area (Å²) >= 11 is 0. The average molecular weight is 448 g/mol. The van der Waals surface area contributed by atoms with Crippen molar-refractivity contribution < 1.29 is 14.6 Å². The van der Waals surface area contributed by atoms with Crippen molar-refractivity contribution in [2.75, 3.05) is 44.3 Å². The summed E-state index contributed by atoms with van der Waals surface area (Å²) < 4.78 is 7.38. The number of carboxylic acid groups (broad SMARTS) is 1. The van der Waals surface area contributed by atoms with E-state index in [2.05, 4.69) is 14.8 Å². The fourth-order valence-corrected chi connectivity index (χ4v) is 5.40. The minimum absolute atomic E-state index is 0.0737. The van der Waals surface area contributed by atoms with Gasteiger partial charge < -0.3 is 14.7 Å². The predicted octanol–water partition coefficient (Wildman–Crippen LogP) is 3.30. The number of carboxylic acids is 1. The lowest BCUT2D eigenvalue weighted by atomic mass is 9.82. The Kier molecular flexibility index (Phi) is 5.27. The van der Waals surface area contributed by atoms with E-state index in [1.54, 1.807) is 6.07 Å². The molecule has 3 aliphatic rings. The molecule has 0 spiro atoms. The van der Waals surface area contributed by atoms with Crippen LogP contribution >= 0.6 is 0 Å². The molecule has 0 unspecified atom stereocenters. The third-order valence-corrected chi connectivity index (χ3v) is 7.42. The molecule has 1 N–H and O–H groups in total. The van der Waals surface area contributed by atoms with Gasteiger partial charge in [0.05, 0.1) is 35.7 Å². The zero-order valence-corrected chi connectivity index (χ0v) is 18.7. The molecule has 172 valence electrons. The van der Waals surface area contributed by atoms with Gasteiger partial charge in [-0.1, -0.05) is 24.6 Å². The quantitative estimate of drug-likeness (QED) is 0.642. The topological polar surface area (TPSA) is 83.7 Å². The number of hydrogen-bond donors (Lipinski definition) is 1. The van der Waals surface area contributed by atoms with Crippen LogP contribution in [0.2, 0.25) is 0 Å². The van der Waals surface area contributed by atoms with E-state index in [0.717, 1.165) is 81.1 Å². The molecule has 3 aromatic rings. The lowest BCUT2D eigenvalue weighted by Crippen LogP contribution is -2.44. The molecule has 3 fully saturated rings. The van der Waals surface area contributed by atoms with Crippen LogP contribution in [0.5, 0.6) is 0 Å². The lowest BCUT2D eigenvalue weighted by molar-refractivity contribution is 0.0209. The smallest absolute Gasteiger partial charge is 0.354 e. The second-order valence-electron chi connectivity index (χ2n) is 9.33. The van der Waals surface area contributed by atoms with Gasteiger partial charge in [-0.2, -0.15) is 5.10 Å². The summed E-state index contributed by atoms with van der Waals surface area (Å²) in [6, 6.07) is 12.1. The number of hydrogen-bond acceptors (Lipinski definition) is 6. The van der Waals surface area contributed by atoms with Gasteiger partial charge in [-0.05, 0) is 37.5 Å². The van der Waals surface area contributed by atoms with Crippen molar-refractivity contribution >= 4 is 22.7 Å². The lowest BCUT2D eigenvalue weighted by Gasteiger charge is -2.32. The first-order valence-electron chi connectivity index (χ1n) is 12.0. The largest absolute Gasteiger partial charge is 0.477 e. The highest BCUT2D eigenvalue weighted by Gasteiger charge is 2.34. The maximum Gasteiger partial charge on any atom is 0.354 e. The Hall–Kier alpha value is -2.97. The van der Waals surface area contributed by atoms with E-state index in [1.807, 2.05) is 35.0 Å². The molecule has 1 atom stereocenters. The van der Waals surface area contributed by atoms with Crippen LogP contribution in [0.1, 0.15) is 47.8 Å². The van der Waals surface area contributed by atoms with Gasteiger partial charge in [0.25, 0.3) is 0 Å². The van der Waals surface area contributed by atoms with Gasteiger partial charge in [0.1, 0.15) is 0 Å². The number of fused-ring (bicyclic) bond motifs is 1. The van der Waals surface area contributed by atoms with Gasteiger partial charge >= 0.3 is 5.97 Å². The summed E-state index contributed by atoms with van der Waals surface area (Å²) in [6.07, 6.45) is 4.52. The van der Waals surface area contributed by atoms with Crippen molar-refractivity contribution in [3.05, 3.63) is 47.8 Å². The standard InChI is InChI=1S/C25H29N5O3/c31-25(32)20-15-21(29-10-9-19(16-29)28-11-13-33-14-12-28)22-23(17-5-4-6-17)27-30(24(22)26-20)18-7-2-1-3-8-18/h1-3,7-8,15,17,19H,4-6,9-14,16H2,(H,31,32)/t19-/m1/s1. The van der Waals surface area contributed by atoms with Gasteiger partial charge in [0, 0.05) is 38.1 Å². The first-order chi connectivity index (χ1) is 16.2. The summed E-state index contributed by atoms with van der Waals surface area (Å²) in [7, 11) is 0. The van der Waals surface area contributed by atoms with E-state index >= 15 is 0 Å². The van der Waals surface area contributed by atoms with Crippen LogP contribution in [0.25, 0.3) is 16.7 Å². The average Bonchev–Trinajstić information content (AvgIpc) is 3.45. The monoisotopic (exact) mass is 447 g/mol. The van der Waals surface area contributed by atoms with Crippen LogP contribution in [-0.4, -0.2) is 76.2 Å². The molecule has 0 bridgehead atoms. The Morgan fingerprint density at radius 2 is 1.85 bits per heavy atom. The normalized spacial score (nSPS) is 22.1. The Bertz CT molecular complexity index is 1170. The number of benzene rings is 1. The van der Waals surface area contributed by atoms with Crippen LogP contribution in [0.4, 0.5) is 5.69 Å². The Labute approximate surface area is 192 Å². The minimum atomic E-state index is -1.01. The summed E-state index contributed by atoms with van der Waals surface area (Å²) in [5.74, 6) is -0.598. The highest BCUT2D eigenvalue weighted by atomic mass is 16.5. The Morgan fingerprint density at radius 3 is 2.55 bits per heavy atom. The molecular formula is C25H29N5O3. The molecule has 1 aliphatic carbocycles. The van der Waals surface area contributed by atoms with Crippen molar-refractivity contribution in [2.24, 2.45) is 0 Å². The van der Waals surface area contributed by atoms with E-state index in [0.29, 0.717) is 17.6 Å². The summed E-state index contributed by atoms with van der Waals surface area (Å²) in [4.78, 5) is 21.5. The number of anilines is 1. The number of pyridine rings is 1. The Balaban J connectivity index is 1.48. The Morgan fingerprint density at radius 1 is 1.06 bits per heavy atom. The summed E-state index contributed by atoms with van der Waals surface area (Å²) in [5.41, 5.74) is 3.66. The molecule has 8 nitrogen and oxygen atoms in total. The number of nitrogens with zero attached hydrogens (tertiary/aromatic N) is 5. The second kappa shape index (κ2) is 8.43. The molecule has 2 aliphatic heterocycles. The number of aromatic nitrogens is 3. The zero-order chi connectivity index (χ0) is 22.4. The first-order valence-corrected chi connectivity index (χ1v) is 12.0. The van der Waals surface area contributed by atoms with Gasteiger partial charge in [-0.15, -0.1) is 0 Å². The van der Waals surface area contributed by atoms with Crippen molar-refractivity contribution in [1.82, 2.24) is 19.7 Å². The second-order valence-corrected chi connectivity index (χ2v) is 9.33. The molecule has 8 heteroatoms. The molecule has 1 aromatic carbocycles. The number of carbonyl (C=O) groups is 1. The maximum absolute atomic E-state index is 12.0. The number of aromatic carboxylic acids is 1. The van der Waals surface area contributed by atoms with Gasteiger partial charge in [-0.25, -0.2) is 14.5 Å². The molecule has 2 saturated heterocycles. The van der Waals surface area contributed by atoms with E-state index in [4.69, 9.17) is 9.84 Å². The van der Waals surface area contributed by atoms with Crippen LogP contribution in [0.15, 0.2) is 36.4 Å². The van der Waals surface area contributed by atoms with Crippen molar-refractivity contribution in [3.63, 3.8) is 0 Å². The van der Waals surface area contributed by atoms with Crippen LogP contribution < -0.4 is 4.90 Å². The van der Waals surface area contributed by atoms with E-state index < -0.39 is 5.97 Å². The third-order valence-electron chi connectivity index (χ3n) is 7.42. The van der Waals surface area contributed by atoms with Crippen LogP contribution in [-0.2, 0) is 4.74 Å². The fraction of sp³-hybridized carbons (Fsp3) is 0.480. The summed E-state index contributed by atoms with van der Waals surface area (Å²) in [5, 5.41) is 15.9. The fourth-order valence-electron chi connectivity index (χ4n) is 5.40. The van der Waals surface area contributed by atoms with Gasteiger partial charge in [-0.3, -0.25) is 4.90 Å². The number of morpholine rings is 1. The number of ether oxygens (including phenoxy) is 1. The van der Waals surface area contributed by atoms with E-state index in [1.165, 1.54) is 6.42 Å². The first kappa shape index (κ1) is 20.6. The minimum Gasteiger partial charge on any atom is -0.477 e. The highest BCUT2D eigenvalue weighted by Crippen LogP contribution is 2.43. The molecule has 33 heavy (non-hydrogen) atoms. The summed E-state index contributed by atoms with van der Waals surface area (Å²) in [6.45, 7) is 5.29. The molecule has 6 rings (SSSR count). The third kappa shape index (κ3) is 3.67. The molecule has 0 amide bonds. The van der Waals surface area contributed by atoms with E-state index in [-0.39, 0.29) is 5.69 Å². The van der Waals surface area contributed by atoms with Gasteiger partial charge in [0.2, 0.25) is 0 Å². The van der Waals surface area contributed by atoms with Gasteiger partial charge in [0.15, 0.2) is 11.3 Å².